The lowest BCUT2D eigenvalue weighted by Gasteiger charge is -2.28. The van der Waals surface area contributed by atoms with Gasteiger partial charge in [-0.15, -0.1) is 0 Å². The first kappa shape index (κ1) is 13.9. The van der Waals surface area contributed by atoms with Crippen molar-refractivity contribution in [3.63, 3.8) is 0 Å². The summed E-state index contributed by atoms with van der Waals surface area (Å²) < 4.78 is 0.837. The minimum atomic E-state index is -0.703. The van der Waals surface area contributed by atoms with Crippen LogP contribution in [0.3, 0.4) is 0 Å². The number of carboxylic acids is 1. The monoisotopic (exact) mass is 322 g/mol. The second kappa shape index (κ2) is 6.07. The average Bonchev–Trinajstić information content (AvgIpc) is 2.41. The van der Waals surface area contributed by atoms with Crippen LogP contribution in [0.15, 0.2) is 22.7 Å². The number of aliphatic carboxylic acids is 1. The van der Waals surface area contributed by atoms with Gasteiger partial charge in [-0.25, -0.2) is 0 Å². The van der Waals surface area contributed by atoms with Crippen molar-refractivity contribution < 1.29 is 9.90 Å². The molecule has 2 rings (SSSR count). The van der Waals surface area contributed by atoms with Crippen molar-refractivity contribution >= 4 is 27.6 Å². The fourth-order valence-corrected chi connectivity index (χ4v) is 2.96. The van der Waals surface area contributed by atoms with Crippen molar-refractivity contribution in [2.24, 2.45) is 5.92 Å². The summed E-state index contributed by atoms with van der Waals surface area (Å²) in [6, 6.07) is 7.64. The summed E-state index contributed by atoms with van der Waals surface area (Å²) in [5.74, 6) is -0.950. The number of hydrogen-bond acceptors (Lipinski definition) is 3. The van der Waals surface area contributed by atoms with Gasteiger partial charge in [-0.05, 0) is 53.4 Å². The number of anilines is 1. The smallest absolute Gasteiger partial charge is 0.306 e. The molecule has 4 nitrogen and oxygen atoms in total. The molecular weight excluding hydrogens is 308 g/mol. The van der Waals surface area contributed by atoms with Gasteiger partial charge >= 0.3 is 5.97 Å². The van der Waals surface area contributed by atoms with E-state index in [1.54, 1.807) is 12.1 Å². The lowest BCUT2D eigenvalue weighted by molar-refractivity contribution is -0.142. The Morgan fingerprint density at radius 2 is 2.26 bits per heavy atom. The van der Waals surface area contributed by atoms with Gasteiger partial charge in [0.15, 0.2) is 0 Å². The lowest BCUT2D eigenvalue weighted by atomic mass is 9.85. The van der Waals surface area contributed by atoms with Gasteiger partial charge in [-0.1, -0.05) is 6.42 Å². The molecule has 0 saturated heterocycles. The van der Waals surface area contributed by atoms with E-state index in [1.807, 2.05) is 6.07 Å². The topological polar surface area (TPSA) is 73.1 Å². The van der Waals surface area contributed by atoms with Gasteiger partial charge < -0.3 is 10.4 Å². The minimum Gasteiger partial charge on any atom is -0.481 e. The lowest BCUT2D eigenvalue weighted by Crippen LogP contribution is -2.31. The van der Waals surface area contributed by atoms with E-state index in [9.17, 15) is 4.79 Å². The maximum Gasteiger partial charge on any atom is 0.306 e. The van der Waals surface area contributed by atoms with E-state index in [0.29, 0.717) is 12.0 Å². The van der Waals surface area contributed by atoms with E-state index < -0.39 is 5.97 Å². The Labute approximate surface area is 120 Å². The van der Waals surface area contributed by atoms with Gasteiger partial charge in [0.25, 0.3) is 0 Å². The van der Waals surface area contributed by atoms with E-state index in [-0.39, 0.29) is 12.0 Å². The molecule has 1 aliphatic rings. The second-order valence-corrected chi connectivity index (χ2v) is 5.70. The first-order valence-corrected chi connectivity index (χ1v) is 7.08. The second-order valence-electron chi connectivity index (χ2n) is 4.85. The number of rotatable bonds is 3. The van der Waals surface area contributed by atoms with Crippen LogP contribution in [0.5, 0.6) is 0 Å². The van der Waals surface area contributed by atoms with E-state index in [4.69, 9.17) is 10.4 Å². The molecule has 0 aromatic heterocycles. The van der Waals surface area contributed by atoms with Crippen LogP contribution in [-0.4, -0.2) is 17.1 Å². The average molecular weight is 323 g/mol. The summed E-state index contributed by atoms with van der Waals surface area (Å²) in [5.41, 5.74) is 1.51. The third kappa shape index (κ3) is 3.48. The Bertz CT molecular complexity index is 525. The number of nitrogens with one attached hydrogen (secondary N) is 1. The van der Waals surface area contributed by atoms with Crippen LogP contribution in [-0.2, 0) is 4.79 Å². The zero-order valence-corrected chi connectivity index (χ0v) is 12.0. The highest BCUT2D eigenvalue weighted by Gasteiger charge is 2.27. The third-order valence-electron chi connectivity index (χ3n) is 3.48. The zero-order valence-electron chi connectivity index (χ0n) is 10.4. The molecule has 0 amide bonds. The number of nitriles is 1. The van der Waals surface area contributed by atoms with Gasteiger partial charge in [0.2, 0.25) is 0 Å². The Balaban J connectivity index is 2.05. The molecule has 5 heteroatoms. The van der Waals surface area contributed by atoms with Crippen LogP contribution in [0.25, 0.3) is 0 Å². The fourth-order valence-electron chi connectivity index (χ4n) is 2.47. The van der Waals surface area contributed by atoms with Crippen molar-refractivity contribution in [2.75, 3.05) is 5.32 Å². The fraction of sp³-hybridized carbons (Fsp3) is 0.429. The van der Waals surface area contributed by atoms with Gasteiger partial charge in [-0.2, -0.15) is 5.26 Å². The molecule has 100 valence electrons. The van der Waals surface area contributed by atoms with Crippen molar-refractivity contribution in [1.29, 1.82) is 5.26 Å². The molecule has 1 aliphatic carbocycles. The highest BCUT2D eigenvalue weighted by atomic mass is 79.9. The molecule has 2 unspecified atom stereocenters. The summed E-state index contributed by atoms with van der Waals surface area (Å²) in [6.07, 6.45) is 3.34. The van der Waals surface area contributed by atoms with E-state index in [2.05, 4.69) is 27.3 Å². The molecular formula is C14H15BrN2O2. The first-order valence-electron chi connectivity index (χ1n) is 6.29. The maximum atomic E-state index is 11.0. The van der Waals surface area contributed by atoms with Gasteiger partial charge in [0.1, 0.15) is 0 Å². The quantitative estimate of drug-likeness (QED) is 0.894. The molecule has 19 heavy (non-hydrogen) atoms. The van der Waals surface area contributed by atoms with Gasteiger partial charge in [0.05, 0.1) is 17.6 Å². The molecule has 0 bridgehead atoms. The molecule has 0 aliphatic heterocycles. The number of carbonyl (C=O) groups is 1. The molecule has 0 radical (unpaired) electrons. The normalized spacial score (nSPS) is 22.5. The molecule has 1 aromatic rings. The molecule has 2 atom stereocenters. The number of halogens is 1. The highest BCUT2D eigenvalue weighted by Crippen LogP contribution is 2.30. The summed E-state index contributed by atoms with van der Waals surface area (Å²) in [5, 5.41) is 21.3. The SMILES string of the molecule is N#Cc1ccc(NC2CCCC(C(=O)O)C2)c(Br)c1. The van der Waals surface area contributed by atoms with Crippen molar-refractivity contribution in [3.05, 3.63) is 28.2 Å². The molecule has 2 N–H and O–H groups in total. The molecule has 1 saturated carbocycles. The Morgan fingerprint density at radius 3 is 2.89 bits per heavy atom. The molecule has 1 fully saturated rings. The van der Waals surface area contributed by atoms with Crippen molar-refractivity contribution in [2.45, 2.75) is 31.7 Å². The zero-order chi connectivity index (χ0) is 13.8. The number of benzene rings is 1. The molecule has 0 heterocycles. The summed E-state index contributed by atoms with van der Waals surface area (Å²) in [4.78, 5) is 11.0. The van der Waals surface area contributed by atoms with Crippen LogP contribution in [0.4, 0.5) is 5.69 Å². The Morgan fingerprint density at radius 1 is 1.47 bits per heavy atom. The Hall–Kier alpha value is -1.54. The third-order valence-corrected chi connectivity index (χ3v) is 4.14. The largest absolute Gasteiger partial charge is 0.481 e. The number of carboxylic acid groups (broad SMARTS) is 1. The summed E-state index contributed by atoms with van der Waals surface area (Å²) in [6.45, 7) is 0. The van der Waals surface area contributed by atoms with E-state index in [0.717, 1.165) is 29.4 Å². The number of hydrogen-bond donors (Lipinski definition) is 2. The Kier molecular flexibility index (Phi) is 4.43. The van der Waals surface area contributed by atoms with Crippen LogP contribution in [0, 0.1) is 17.2 Å². The van der Waals surface area contributed by atoms with Crippen LogP contribution >= 0.6 is 15.9 Å². The predicted octanol–water partition coefficient (Wildman–Crippen LogP) is 3.38. The minimum absolute atomic E-state index is 0.180. The van der Waals surface area contributed by atoms with Gasteiger partial charge in [-0.3, -0.25) is 4.79 Å². The molecule has 1 aromatic carbocycles. The van der Waals surface area contributed by atoms with E-state index in [1.165, 1.54) is 0 Å². The summed E-state index contributed by atoms with van der Waals surface area (Å²) in [7, 11) is 0. The standard InChI is InChI=1S/C14H15BrN2O2/c15-12-6-9(8-16)4-5-13(12)17-11-3-1-2-10(7-11)14(18)19/h4-6,10-11,17H,1-3,7H2,(H,18,19). The van der Waals surface area contributed by atoms with Crippen LogP contribution < -0.4 is 5.32 Å². The van der Waals surface area contributed by atoms with Crippen LogP contribution in [0.2, 0.25) is 0 Å². The molecule has 0 spiro atoms. The maximum absolute atomic E-state index is 11.0. The first-order chi connectivity index (χ1) is 9.10. The predicted molar refractivity (Wildman–Crippen MR) is 75.9 cm³/mol. The highest BCUT2D eigenvalue weighted by molar-refractivity contribution is 9.10. The van der Waals surface area contributed by atoms with Crippen molar-refractivity contribution in [3.8, 4) is 6.07 Å². The van der Waals surface area contributed by atoms with Gasteiger partial charge in [0, 0.05) is 16.2 Å². The van der Waals surface area contributed by atoms with Crippen molar-refractivity contribution in [1.82, 2.24) is 0 Å². The summed E-state index contributed by atoms with van der Waals surface area (Å²) >= 11 is 3.43. The number of nitrogens with zero attached hydrogens (tertiary/aromatic N) is 1. The van der Waals surface area contributed by atoms with E-state index >= 15 is 0 Å². The van der Waals surface area contributed by atoms with Crippen LogP contribution in [0.1, 0.15) is 31.2 Å².